The van der Waals surface area contributed by atoms with E-state index in [9.17, 15) is 4.79 Å². The molecule has 0 N–H and O–H groups in total. The van der Waals surface area contributed by atoms with E-state index in [1.165, 1.54) is 0 Å². The minimum Gasteiger partial charge on any atom is -0.325 e. The number of para-hydroxylation sites is 1. The quantitative estimate of drug-likeness (QED) is 0.432. The van der Waals surface area contributed by atoms with Gasteiger partial charge in [-0.05, 0) is 50.3 Å². The molecule has 7 nitrogen and oxygen atoms in total. The Kier molecular flexibility index (Phi) is 5.40. The molecule has 4 rings (SSSR count). The second-order valence-electron chi connectivity index (χ2n) is 7.20. The molecule has 0 radical (unpaired) electrons. The molecule has 29 heavy (non-hydrogen) atoms. The Morgan fingerprint density at radius 1 is 1.03 bits per heavy atom. The Bertz CT molecular complexity index is 1150. The number of nitrogens with zero attached hydrogens (tertiary/aromatic N) is 6. The zero-order valence-corrected chi connectivity index (χ0v) is 17.2. The summed E-state index contributed by atoms with van der Waals surface area (Å²) < 4.78 is 4.13. The number of hydrogen-bond donors (Lipinski definition) is 0. The van der Waals surface area contributed by atoms with Crippen molar-refractivity contribution >= 4 is 27.9 Å². The number of likely N-dealkylation sites (N-methyl/N-ethyl adjacent to an activating group) is 1. The summed E-state index contributed by atoms with van der Waals surface area (Å²) in [5, 5.41) is 8.58. The molecule has 0 amide bonds. The van der Waals surface area contributed by atoms with Gasteiger partial charge in [0.1, 0.15) is 17.9 Å². The van der Waals surface area contributed by atoms with Gasteiger partial charge in [0.25, 0.3) is 0 Å². The molecule has 0 aliphatic rings. The largest absolute Gasteiger partial charge is 0.325 e. The number of rotatable bonds is 8. The van der Waals surface area contributed by atoms with Crippen LogP contribution in [0.15, 0.2) is 42.5 Å². The molecule has 0 bridgehead atoms. The van der Waals surface area contributed by atoms with E-state index in [2.05, 4.69) is 33.6 Å². The Labute approximate surface area is 169 Å². The van der Waals surface area contributed by atoms with E-state index >= 15 is 0 Å². The highest BCUT2D eigenvalue weighted by Gasteiger charge is 2.15. The van der Waals surface area contributed by atoms with Crippen LogP contribution in [-0.4, -0.2) is 54.9 Å². The van der Waals surface area contributed by atoms with Gasteiger partial charge in [-0.3, -0.25) is 4.79 Å². The molecule has 2 heterocycles. The highest BCUT2D eigenvalue weighted by Crippen LogP contribution is 2.20. The highest BCUT2D eigenvalue weighted by atomic mass is 16.1. The summed E-state index contributed by atoms with van der Waals surface area (Å²) >= 11 is 0. The molecule has 0 saturated heterocycles. The molecule has 0 fully saturated rings. The average molecular weight is 390 g/mol. The summed E-state index contributed by atoms with van der Waals surface area (Å²) in [6.07, 6.45) is 0. The second-order valence-corrected chi connectivity index (χ2v) is 7.20. The van der Waals surface area contributed by atoms with Crippen molar-refractivity contribution in [2.24, 2.45) is 0 Å². The normalized spacial score (nSPS) is 11.7. The van der Waals surface area contributed by atoms with Crippen LogP contribution in [0.1, 0.15) is 37.0 Å². The number of Topliss-reactive ketones (excluding diaryl/α,β-unsaturated/α-hetero) is 1. The van der Waals surface area contributed by atoms with Crippen LogP contribution in [0.5, 0.6) is 0 Å². The lowest BCUT2D eigenvalue weighted by molar-refractivity contribution is 0.101. The van der Waals surface area contributed by atoms with Crippen LogP contribution in [0.2, 0.25) is 0 Å². The molecule has 150 valence electrons. The van der Waals surface area contributed by atoms with Gasteiger partial charge in [-0.2, -0.15) is 0 Å². The van der Waals surface area contributed by atoms with Gasteiger partial charge in [0.05, 0.1) is 16.6 Å². The van der Waals surface area contributed by atoms with Crippen molar-refractivity contribution in [2.75, 3.05) is 19.6 Å². The number of hydrogen-bond acceptors (Lipinski definition) is 5. The van der Waals surface area contributed by atoms with Crippen molar-refractivity contribution in [1.82, 2.24) is 29.4 Å². The molecule has 0 aliphatic carbocycles. The summed E-state index contributed by atoms with van der Waals surface area (Å²) in [4.78, 5) is 19.1. The van der Waals surface area contributed by atoms with Gasteiger partial charge >= 0.3 is 0 Å². The van der Waals surface area contributed by atoms with E-state index in [1.807, 2.05) is 47.1 Å². The van der Waals surface area contributed by atoms with Crippen molar-refractivity contribution < 1.29 is 4.79 Å². The molecule has 0 saturated carbocycles. The maximum absolute atomic E-state index is 11.8. The van der Waals surface area contributed by atoms with Crippen LogP contribution in [-0.2, 0) is 13.1 Å². The topological polar surface area (TPSA) is 68.8 Å². The number of benzene rings is 2. The maximum Gasteiger partial charge on any atom is 0.159 e. The van der Waals surface area contributed by atoms with Gasteiger partial charge in [-0.1, -0.05) is 31.2 Å². The molecule has 0 aliphatic heterocycles. The molecule has 2 aromatic carbocycles. The van der Waals surface area contributed by atoms with Crippen molar-refractivity contribution in [3.63, 3.8) is 0 Å². The molecule has 0 spiro atoms. The molecule has 4 aromatic rings. The molecule has 2 aromatic heterocycles. The SMILES string of the molecule is CCN(CC)CCn1c(Cn2nnc3ccccc32)nc2cc(C(C)=O)ccc21. The summed E-state index contributed by atoms with van der Waals surface area (Å²) in [5.41, 5.74) is 4.43. The minimum absolute atomic E-state index is 0.0495. The standard InChI is InChI=1S/C22H26N6O/c1-4-26(5-2)12-13-27-20-11-10-17(16(3)29)14-19(20)23-22(27)15-28-21-9-7-6-8-18(21)24-25-28/h6-11,14H,4-5,12-13,15H2,1-3H3. The van der Waals surface area contributed by atoms with E-state index in [0.29, 0.717) is 12.1 Å². The van der Waals surface area contributed by atoms with Crippen LogP contribution < -0.4 is 0 Å². The summed E-state index contributed by atoms with van der Waals surface area (Å²) in [5.74, 6) is 0.969. The highest BCUT2D eigenvalue weighted by molar-refractivity contribution is 5.97. The Morgan fingerprint density at radius 3 is 2.59 bits per heavy atom. The third-order valence-corrected chi connectivity index (χ3v) is 5.48. The van der Waals surface area contributed by atoms with E-state index in [1.54, 1.807) is 6.92 Å². The second kappa shape index (κ2) is 8.13. The zero-order chi connectivity index (χ0) is 20.4. The molecular weight excluding hydrogens is 364 g/mol. The monoisotopic (exact) mass is 390 g/mol. The van der Waals surface area contributed by atoms with Gasteiger partial charge in [-0.25, -0.2) is 9.67 Å². The van der Waals surface area contributed by atoms with Crippen LogP contribution in [0.4, 0.5) is 0 Å². The zero-order valence-electron chi connectivity index (χ0n) is 17.2. The van der Waals surface area contributed by atoms with E-state index in [4.69, 9.17) is 4.98 Å². The third-order valence-electron chi connectivity index (χ3n) is 5.48. The molecule has 0 unspecified atom stereocenters. The third kappa shape index (κ3) is 3.78. The van der Waals surface area contributed by atoms with E-state index in [0.717, 1.165) is 54.1 Å². The van der Waals surface area contributed by atoms with Gasteiger partial charge in [0.15, 0.2) is 5.78 Å². The predicted octanol–water partition coefficient (Wildman–Crippen LogP) is 3.37. The van der Waals surface area contributed by atoms with Gasteiger partial charge in [-0.15, -0.1) is 5.10 Å². The number of imidazole rings is 1. The smallest absolute Gasteiger partial charge is 0.159 e. The first-order chi connectivity index (χ1) is 14.1. The predicted molar refractivity (Wildman–Crippen MR) is 114 cm³/mol. The Balaban J connectivity index is 1.75. The minimum atomic E-state index is 0.0495. The van der Waals surface area contributed by atoms with Crippen LogP contribution in [0.25, 0.3) is 22.1 Å². The number of carbonyl (C=O) groups is 1. The molecular formula is C22H26N6O. The lowest BCUT2D eigenvalue weighted by Crippen LogP contribution is -2.27. The van der Waals surface area contributed by atoms with Crippen molar-refractivity contribution in [3.8, 4) is 0 Å². The first kappa shape index (κ1) is 19.3. The van der Waals surface area contributed by atoms with E-state index < -0.39 is 0 Å². The number of carbonyl (C=O) groups excluding carboxylic acids is 1. The lowest BCUT2D eigenvalue weighted by Gasteiger charge is -2.19. The Morgan fingerprint density at radius 2 is 1.83 bits per heavy atom. The molecule has 0 atom stereocenters. The summed E-state index contributed by atoms with van der Waals surface area (Å²) in [7, 11) is 0. The fourth-order valence-electron chi connectivity index (χ4n) is 3.72. The van der Waals surface area contributed by atoms with Gasteiger partial charge in [0.2, 0.25) is 0 Å². The summed E-state index contributed by atoms with van der Waals surface area (Å²) in [6.45, 7) is 10.3. The summed E-state index contributed by atoms with van der Waals surface area (Å²) in [6, 6.07) is 13.7. The fraction of sp³-hybridized carbons (Fsp3) is 0.364. The fourth-order valence-corrected chi connectivity index (χ4v) is 3.72. The van der Waals surface area contributed by atoms with Gasteiger partial charge < -0.3 is 9.47 Å². The number of aromatic nitrogens is 5. The van der Waals surface area contributed by atoms with Crippen LogP contribution in [0, 0.1) is 0 Å². The Hall–Kier alpha value is -3.06. The van der Waals surface area contributed by atoms with Crippen LogP contribution >= 0.6 is 0 Å². The van der Waals surface area contributed by atoms with Crippen molar-refractivity contribution in [2.45, 2.75) is 33.9 Å². The maximum atomic E-state index is 11.8. The molecule has 7 heteroatoms. The van der Waals surface area contributed by atoms with Crippen molar-refractivity contribution in [3.05, 3.63) is 53.9 Å². The van der Waals surface area contributed by atoms with E-state index in [-0.39, 0.29) is 5.78 Å². The van der Waals surface area contributed by atoms with Crippen molar-refractivity contribution in [1.29, 1.82) is 0 Å². The lowest BCUT2D eigenvalue weighted by atomic mass is 10.1. The average Bonchev–Trinajstić information content (AvgIpc) is 3.30. The van der Waals surface area contributed by atoms with Crippen LogP contribution in [0.3, 0.4) is 0 Å². The first-order valence-electron chi connectivity index (χ1n) is 10.1. The number of fused-ring (bicyclic) bond motifs is 2. The van der Waals surface area contributed by atoms with Gasteiger partial charge in [0, 0.05) is 18.7 Å². The number of ketones is 1. The first-order valence-corrected chi connectivity index (χ1v) is 10.1.